The molecular formula is C9H13F2N3O2. The Morgan fingerprint density at radius 3 is 2.81 bits per heavy atom. The van der Waals surface area contributed by atoms with Crippen LogP contribution >= 0.6 is 0 Å². The molecule has 1 rings (SSSR count). The zero-order chi connectivity index (χ0) is 12.0. The summed E-state index contributed by atoms with van der Waals surface area (Å²) in [5, 5.41) is 0. The number of anilines is 1. The molecule has 0 saturated heterocycles. The van der Waals surface area contributed by atoms with Gasteiger partial charge in [0.25, 0.3) is 6.43 Å². The Kier molecular flexibility index (Phi) is 4.84. The maximum atomic E-state index is 11.9. The number of nitrogens with two attached hydrogens (primary N) is 1. The highest BCUT2D eigenvalue weighted by Gasteiger charge is 2.07. The van der Waals surface area contributed by atoms with E-state index in [1.165, 1.54) is 6.07 Å². The molecule has 90 valence electrons. The van der Waals surface area contributed by atoms with E-state index in [4.69, 9.17) is 15.2 Å². The quantitative estimate of drug-likeness (QED) is 0.800. The minimum Gasteiger partial charge on any atom is -0.471 e. The van der Waals surface area contributed by atoms with E-state index in [-0.39, 0.29) is 18.3 Å². The Morgan fingerprint density at radius 1 is 1.44 bits per heavy atom. The summed E-state index contributed by atoms with van der Waals surface area (Å²) in [5.74, 6) is 0.502. The summed E-state index contributed by atoms with van der Waals surface area (Å²) in [5.41, 5.74) is 5.46. The fourth-order valence-corrected chi connectivity index (χ4v) is 0.972. The third kappa shape index (κ3) is 4.35. The molecular weight excluding hydrogens is 220 g/mol. The molecule has 1 heterocycles. The van der Waals surface area contributed by atoms with E-state index in [1.54, 1.807) is 0 Å². The summed E-state index contributed by atoms with van der Waals surface area (Å²) in [6.45, 7) is 1.78. The van der Waals surface area contributed by atoms with Gasteiger partial charge < -0.3 is 15.2 Å². The van der Waals surface area contributed by atoms with Gasteiger partial charge in [0.1, 0.15) is 12.4 Å². The molecule has 0 bridgehead atoms. The van der Waals surface area contributed by atoms with Gasteiger partial charge in [0.05, 0.1) is 0 Å². The van der Waals surface area contributed by atoms with Crippen LogP contribution in [0.15, 0.2) is 6.07 Å². The zero-order valence-corrected chi connectivity index (χ0v) is 8.82. The van der Waals surface area contributed by atoms with Crippen molar-refractivity contribution in [2.24, 2.45) is 0 Å². The number of nitrogen functional groups attached to an aromatic ring is 1. The van der Waals surface area contributed by atoms with Crippen LogP contribution in [-0.2, 0) is 11.3 Å². The lowest BCUT2D eigenvalue weighted by molar-refractivity contribution is 0.0786. The van der Waals surface area contributed by atoms with Crippen molar-refractivity contribution in [3.8, 4) is 5.88 Å². The first-order valence-electron chi connectivity index (χ1n) is 4.74. The van der Waals surface area contributed by atoms with Crippen LogP contribution in [0.5, 0.6) is 5.88 Å². The Labute approximate surface area is 91.6 Å². The zero-order valence-electron chi connectivity index (χ0n) is 8.82. The van der Waals surface area contributed by atoms with Crippen LogP contribution in [0.25, 0.3) is 0 Å². The standard InChI is InChI=1S/C9H13F2N3O2/c1-2-15-5-8-13-7(12)3-9(14-8)16-4-6(10)11/h3,6H,2,4-5H2,1H3,(H2,12,13,14). The van der Waals surface area contributed by atoms with Gasteiger partial charge in [0.2, 0.25) is 5.88 Å². The van der Waals surface area contributed by atoms with Gasteiger partial charge in [-0.2, -0.15) is 4.98 Å². The van der Waals surface area contributed by atoms with Crippen molar-refractivity contribution in [2.45, 2.75) is 20.0 Å². The van der Waals surface area contributed by atoms with Crippen molar-refractivity contribution >= 4 is 5.82 Å². The Morgan fingerprint density at radius 2 is 2.19 bits per heavy atom. The second-order valence-corrected chi connectivity index (χ2v) is 2.89. The number of hydrogen-bond acceptors (Lipinski definition) is 5. The normalized spacial score (nSPS) is 10.8. The highest BCUT2D eigenvalue weighted by molar-refractivity contribution is 5.32. The van der Waals surface area contributed by atoms with Crippen LogP contribution < -0.4 is 10.5 Å². The van der Waals surface area contributed by atoms with Crippen molar-refractivity contribution in [1.29, 1.82) is 0 Å². The maximum absolute atomic E-state index is 11.9. The summed E-state index contributed by atoms with van der Waals surface area (Å²) < 4.78 is 33.6. The molecule has 0 aliphatic heterocycles. The van der Waals surface area contributed by atoms with E-state index in [0.717, 1.165) is 0 Å². The largest absolute Gasteiger partial charge is 0.471 e. The summed E-state index contributed by atoms with van der Waals surface area (Å²) in [4.78, 5) is 7.74. The third-order valence-corrected chi connectivity index (χ3v) is 1.56. The molecule has 0 unspecified atom stereocenters. The first-order valence-corrected chi connectivity index (χ1v) is 4.74. The summed E-state index contributed by atoms with van der Waals surface area (Å²) >= 11 is 0. The minimum atomic E-state index is -2.55. The predicted molar refractivity (Wildman–Crippen MR) is 53.3 cm³/mol. The molecule has 16 heavy (non-hydrogen) atoms. The van der Waals surface area contributed by atoms with E-state index >= 15 is 0 Å². The molecule has 1 aromatic rings. The average molecular weight is 233 g/mol. The third-order valence-electron chi connectivity index (χ3n) is 1.56. The van der Waals surface area contributed by atoms with Gasteiger partial charge in [-0.1, -0.05) is 0 Å². The molecule has 0 aliphatic carbocycles. The van der Waals surface area contributed by atoms with Gasteiger partial charge in [-0.15, -0.1) is 0 Å². The van der Waals surface area contributed by atoms with Gasteiger partial charge in [0.15, 0.2) is 12.4 Å². The minimum absolute atomic E-state index is 0.0301. The van der Waals surface area contributed by atoms with Gasteiger partial charge >= 0.3 is 0 Å². The van der Waals surface area contributed by atoms with E-state index < -0.39 is 13.0 Å². The lowest BCUT2D eigenvalue weighted by atomic mass is 10.5. The first-order chi connectivity index (χ1) is 7.61. The number of hydrogen-bond donors (Lipinski definition) is 1. The lowest BCUT2D eigenvalue weighted by Gasteiger charge is -2.07. The number of alkyl halides is 2. The molecule has 0 fully saturated rings. The van der Waals surface area contributed by atoms with Crippen molar-refractivity contribution in [2.75, 3.05) is 18.9 Å². The van der Waals surface area contributed by atoms with Gasteiger partial charge in [-0.3, -0.25) is 0 Å². The Hall–Kier alpha value is -1.50. The van der Waals surface area contributed by atoms with Crippen LogP contribution in [0.1, 0.15) is 12.7 Å². The van der Waals surface area contributed by atoms with E-state index in [0.29, 0.717) is 12.4 Å². The van der Waals surface area contributed by atoms with Crippen molar-refractivity contribution in [3.05, 3.63) is 11.9 Å². The smallest absolute Gasteiger partial charge is 0.272 e. The molecule has 2 N–H and O–H groups in total. The van der Waals surface area contributed by atoms with Crippen LogP contribution in [-0.4, -0.2) is 29.6 Å². The van der Waals surface area contributed by atoms with Crippen molar-refractivity contribution in [1.82, 2.24) is 9.97 Å². The molecule has 0 spiro atoms. The summed E-state index contributed by atoms with van der Waals surface area (Å²) in [6.07, 6.45) is -2.55. The van der Waals surface area contributed by atoms with Gasteiger partial charge in [-0.05, 0) is 6.92 Å². The molecule has 5 nitrogen and oxygen atoms in total. The lowest BCUT2D eigenvalue weighted by Crippen LogP contribution is -2.10. The van der Waals surface area contributed by atoms with Crippen molar-refractivity contribution in [3.63, 3.8) is 0 Å². The SMILES string of the molecule is CCOCc1nc(N)cc(OCC(F)F)n1. The molecule has 0 radical (unpaired) electrons. The highest BCUT2D eigenvalue weighted by Crippen LogP contribution is 2.12. The van der Waals surface area contributed by atoms with Crippen LogP contribution in [0.4, 0.5) is 14.6 Å². The van der Waals surface area contributed by atoms with Gasteiger partial charge in [0, 0.05) is 12.7 Å². The number of aromatic nitrogens is 2. The fourth-order valence-electron chi connectivity index (χ4n) is 0.972. The average Bonchev–Trinajstić information content (AvgIpc) is 2.23. The number of nitrogens with zero attached hydrogens (tertiary/aromatic N) is 2. The van der Waals surface area contributed by atoms with E-state index in [1.807, 2.05) is 6.92 Å². The van der Waals surface area contributed by atoms with Crippen molar-refractivity contribution < 1.29 is 18.3 Å². The molecule has 0 aliphatic rings. The monoisotopic (exact) mass is 233 g/mol. The van der Waals surface area contributed by atoms with Crippen LogP contribution in [0.2, 0.25) is 0 Å². The molecule has 0 amide bonds. The van der Waals surface area contributed by atoms with E-state index in [9.17, 15) is 8.78 Å². The Balaban J connectivity index is 2.65. The summed E-state index contributed by atoms with van der Waals surface area (Å²) in [7, 11) is 0. The second kappa shape index (κ2) is 6.16. The fraction of sp³-hybridized carbons (Fsp3) is 0.556. The maximum Gasteiger partial charge on any atom is 0.272 e. The molecule has 0 saturated carbocycles. The summed E-state index contributed by atoms with van der Waals surface area (Å²) in [6, 6.07) is 1.29. The number of rotatable bonds is 6. The Bertz CT molecular complexity index is 337. The second-order valence-electron chi connectivity index (χ2n) is 2.89. The predicted octanol–water partition coefficient (Wildman–Crippen LogP) is 1.24. The van der Waals surface area contributed by atoms with Crippen LogP contribution in [0, 0.1) is 0 Å². The van der Waals surface area contributed by atoms with E-state index in [2.05, 4.69) is 9.97 Å². The molecule has 0 atom stereocenters. The molecule has 0 aromatic carbocycles. The van der Waals surface area contributed by atoms with Gasteiger partial charge in [-0.25, -0.2) is 13.8 Å². The number of halogens is 2. The molecule has 7 heteroatoms. The molecule has 1 aromatic heterocycles. The highest BCUT2D eigenvalue weighted by atomic mass is 19.3. The number of ether oxygens (including phenoxy) is 2. The first kappa shape index (κ1) is 12.6. The van der Waals surface area contributed by atoms with Crippen LogP contribution in [0.3, 0.4) is 0 Å². The topological polar surface area (TPSA) is 70.3 Å².